The molecule has 0 aliphatic rings. The predicted molar refractivity (Wildman–Crippen MR) is 81.2 cm³/mol. The largest absolute Gasteiger partial charge is 0.507 e. The summed E-state index contributed by atoms with van der Waals surface area (Å²) in [7, 11) is 0. The Bertz CT molecular complexity index is 730. The van der Waals surface area contributed by atoms with Gasteiger partial charge in [-0.25, -0.2) is 0 Å². The van der Waals surface area contributed by atoms with Crippen molar-refractivity contribution >= 4 is 27.6 Å². The van der Waals surface area contributed by atoms with E-state index in [1.165, 1.54) is 15.6 Å². The summed E-state index contributed by atoms with van der Waals surface area (Å²) in [6.07, 6.45) is 1.72. The van der Waals surface area contributed by atoms with E-state index in [9.17, 15) is 5.11 Å². The number of phenolic OH excluding ortho intramolecular Hbond substituents is 1. The van der Waals surface area contributed by atoms with Crippen molar-refractivity contribution < 1.29 is 5.11 Å². The summed E-state index contributed by atoms with van der Waals surface area (Å²) in [4.78, 5) is 4.42. The van der Waals surface area contributed by atoms with E-state index in [1.807, 2.05) is 24.3 Å². The van der Waals surface area contributed by atoms with Gasteiger partial charge in [-0.1, -0.05) is 30.3 Å². The molecule has 0 fully saturated rings. The maximum atomic E-state index is 9.65. The Morgan fingerprint density at radius 2 is 1.84 bits per heavy atom. The quantitative estimate of drug-likeness (QED) is 0.708. The maximum Gasteiger partial charge on any atom is 0.124 e. The minimum absolute atomic E-state index is 0.265. The third-order valence-corrected chi connectivity index (χ3v) is 4.00. The Labute approximate surface area is 115 Å². The highest BCUT2D eigenvalue weighted by Crippen LogP contribution is 2.26. The number of aliphatic imine (C=N–C) groups is 1. The lowest BCUT2D eigenvalue weighted by molar-refractivity contribution is 0.474. The van der Waals surface area contributed by atoms with Crippen LogP contribution in [0.15, 0.2) is 58.9 Å². The first-order valence-corrected chi connectivity index (χ1v) is 6.95. The molecule has 2 aromatic carbocycles. The fourth-order valence-electron chi connectivity index (χ4n) is 1.99. The highest BCUT2D eigenvalue weighted by atomic mass is 32.1. The molecule has 1 N–H and O–H groups in total. The van der Waals surface area contributed by atoms with Crippen LogP contribution in [0.25, 0.3) is 10.1 Å². The van der Waals surface area contributed by atoms with Crippen molar-refractivity contribution in [3.8, 4) is 5.75 Å². The summed E-state index contributed by atoms with van der Waals surface area (Å²) < 4.78 is 1.29. The average Bonchev–Trinajstić information content (AvgIpc) is 2.85. The van der Waals surface area contributed by atoms with E-state index in [4.69, 9.17) is 0 Å². The molecule has 1 heterocycles. The number of phenols is 1. The molecule has 94 valence electrons. The molecule has 0 saturated heterocycles. The molecule has 0 bridgehead atoms. The van der Waals surface area contributed by atoms with Gasteiger partial charge in [0.05, 0.1) is 6.54 Å². The van der Waals surface area contributed by atoms with Gasteiger partial charge in [0.2, 0.25) is 0 Å². The topological polar surface area (TPSA) is 32.6 Å². The van der Waals surface area contributed by atoms with Crippen LogP contribution in [0, 0.1) is 0 Å². The van der Waals surface area contributed by atoms with Crippen LogP contribution in [0.1, 0.15) is 11.1 Å². The van der Waals surface area contributed by atoms with Gasteiger partial charge in [-0.3, -0.25) is 4.99 Å². The number of nitrogens with zero attached hydrogens (tertiary/aromatic N) is 1. The van der Waals surface area contributed by atoms with Crippen molar-refractivity contribution in [1.29, 1.82) is 0 Å². The zero-order chi connectivity index (χ0) is 13.1. The fourth-order valence-corrected chi connectivity index (χ4v) is 2.95. The molecule has 2 nitrogen and oxygen atoms in total. The molecule has 0 aliphatic carbocycles. The Balaban J connectivity index is 1.81. The Kier molecular flexibility index (Phi) is 3.29. The molecule has 19 heavy (non-hydrogen) atoms. The third-order valence-electron chi connectivity index (χ3n) is 2.99. The molecule has 0 saturated carbocycles. The Morgan fingerprint density at radius 3 is 2.74 bits per heavy atom. The molecule has 0 unspecified atom stereocenters. The lowest BCUT2D eigenvalue weighted by atomic mass is 10.2. The van der Waals surface area contributed by atoms with Gasteiger partial charge >= 0.3 is 0 Å². The van der Waals surface area contributed by atoms with Gasteiger partial charge in [-0.2, -0.15) is 0 Å². The Morgan fingerprint density at radius 1 is 1.05 bits per heavy atom. The van der Waals surface area contributed by atoms with Gasteiger partial charge in [0.1, 0.15) is 5.75 Å². The fraction of sp³-hybridized carbons (Fsp3) is 0.0625. The minimum Gasteiger partial charge on any atom is -0.507 e. The number of thiophene rings is 1. The lowest BCUT2D eigenvalue weighted by Crippen LogP contribution is -1.84. The molecule has 3 heteroatoms. The second-order valence-electron chi connectivity index (χ2n) is 4.29. The summed E-state index contributed by atoms with van der Waals surface area (Å²) in [5.74, 6) is 0.265. The molecule has 3 aromatic rings. The van der Waals surface area contributed by atoms with E-state index in [-0.39, 0.29) is 5.75 Å². The Hall–Kier alpha value is -2.13. The van der Waals surface area contributed by atoms with E-state index in [2.05, 4.69) is 22.5 Å². The second kappa shape index (κ2) is 5.24. The van der Waals surface area contributed by atoms with E-state index in [0.29, 0.717) is 6.54 Å². The SMILES string of the molecule is Oc1ccccc1C=NCc1csc2ccccc12. The van der Waals surface area contributed by atoms with Gasteiger partial charge in [-0.15, -0.1) is 11.3 Å². The van der Waals surface area contributed by atoms with Crippen LogP contribution in [-0.4, -0.2) is 11.3 Å². The van der Waals surface area contributed by atoms with E-state index < -0.39 is 0 Å². The summed E-state index contributed by atoms with van der Waals surface area (Å²) in [5.41, 5.74) is 1.98. The minimum atomic E-state index is 0.265. The smallest absolute Gasteiger partial charge is 0.124 e. The van der Waals surface area contributed by atoms with Gasteiger partial charge < -0.3 is 5.11 Å². The number of fused-ring (bicyclic) bond motifs is 1. The predicted octanol–water partition coefficient (Wildman–Crippen LogP) is 4.23. The van der Waals surface area contributed by atoms with Crippen molar-refractivity contribution in [3.05, 3.63) is 65.0 Å². The van der Waals surface area contributed by atoms with Crippen LogP contribution >= 0.6 is 11.3 Å². The maximum absolute atomic E-state index is 9.65. The summed E-state index contributed by atoms with van der Waals surface area (Å²) in [6.45, 7) is 0.637. The van der Waals surface area contributed by atoms with E-state index in [1.54, 1.807) is 29.7 Å². The molecule has 1 aromatic heterocycles. The van der Waals surface area contributed by atoms with Crippen molar-refractivity contribution in [2.24, 2.45) is 4.99 Å². The number of hydrogen-bond acceptors (Lipinski definition) is 3. The van der Waals surface area contributed by atoms with Gasteiger partial charge in [0, 0.05) is 16.5 Å². The number of hydrogen-bond donors (Lipinski definition) is 1. The first kappa shape index (κ1) is 11.9. The molecular formula is C16H13NOS. The number of rotatable bonds is 3. The average molecular weight is 267 g/mol. The molecule has 0 atom stereocenters. The van der Waals surface area contributed by atoms with Gasteiger partial charge in [0.15, 0.2) is 0 Å². The van der Waals surface area contributed by atoms with Crippen molar-refractivity contribution in [3.63, 3.8) is 0 Å². The number of aromatic hydroxyl groups is 1. The highest BCUT2D eigenvalue weighted by Gasteiger charge is 2.01. The summed E-state index contributed by atoms with van der Waals surface area (Å²) in [6, 6.07) is 15.6. The van der Waals surface area contributed by atoms with Crippen LogP contribution in [0.3, 0.4) is 0 Å². The first-order valence-electron chi connectivity index (χ1n) is 6.07. The van der Waals surface area contributed by atoms with Crippen LogP contribution < -0.4 is 0 Å². The standard InChI is InChI=1S/C16H13NOS/c18-15-7-3-1-5-12(15)9-17-10-13-11-19-16-8-4-2-6-14(13)16/h1-9,11,18H,10H2. The number of para-hydroxylation sites is 1. The van der Waals surface area contributed by atoms with Crippen LogP contribution in [0.2, 0.25) is 0 Å². The summed E-state index contributed by atoms with van der Waals surface area (Å²) >= 11 is 1.74. The molecule has 3 rings (SSSR count). The van der Waals surface area contributed by atoms with Crippen LogP contribution in [-0.2, 0) is 6.54 Å². The van der Waals surface area contributed by atoms with Crippen molar-refractivity contribution in [2.45, 2.75) is 6.54 Å². The van der Waals surface area contributed by atoms with E-state index in [0.717, 1.165) is 5.56 Å². The van der Waals surface area contributed by atoms with Crippen molar-refractivity contribution in [1.82, 2.24) is 0 Å². The number of benzene rings is 2. The zero-order valence-corrected chi connectivity index (χ0v) is 11.1. The summed E-state index contributed by atoms with van der Waals surface area (Å²) in [5, 5.41) is 13.1. The second-order valence-corrected chi connectivity index (χ2v) is 5.20. The molecule has 0 amide bonds. The zero-order valence-electron chi connectivity index (χ0n) is 10.3. The third kappa shape index (κ3) is 2.51. The van der Waals surface area contributed by atoms with E-state index >= 15 is 0 Å². The molecule has 0 radical (unpaired) electrons. The molecular weight excluding hydrogens is 254 g/mol. The molecule has 0 spiro atoms. The highest BCUT2D eigenvalue weighted by molar-refractivity contribution is 7.17. The van der Waals surface area contributed by atoms with Gasteiger partial charge in [-0.05, 0) is 34.5 Å². The molecule has 0 aliphatic heterocycles. The van der Waals surface area contributed by atoms with Gasteiger partial charge in [0.25, 0.3) is 0 Å². The van der Waals surface area contributed by atoms with Crippen LogP contribution in [0.5, 0.6) is 5.75 Å². The van der Waals surface area contributed by atoms with Crippen LogP contribution in [0.4, 0.5) is 0 Å². The lowest BCUT2D eigenvalue weighted by Gasteiger charge is -1.97. The first-order chi connectivity index (χ1) is 9.34. The van der Waals surface area contributed by atoms with Crippen molar-refractivity contribution in [2.75, 3.05) is 0 Å². The normalized spacial score (nSPS) is 11.4. The monoisotopic (exact) mass is 267 g/mol.